The summed E-state index contributed by atoms with van der Waals surface area (Å²) in [5.74, 6) is -4.15. The first-order valence-electron chi connectivity index (χ1n) is 11.5. The number of hydrogen-bond acceptors (Lipinski definition) is 8. The topological polar surface area (TPSA) is 108 Å². The second-order valence-electron chi connectivity index (χ2n) is 10.0. The molecule has 0 saturated carbocycles. The number of ether oxygens (including phenoxy) is 4. The Morgan fingerprint density at radius 2 is 1.65 bits per heavy atom. The van der Waals surface area contributed by atoms with Crippen LogP contribution in [-0.2, 0) is 34.1 Å². The first kappa shape index (κ1) is 31.0. The molecule has 1 saturated heterocycles. The lowest BCUT2D eigenvalue weighted by atomic mass is 9.71. The first-order chi connectivity index (χ1) is 17.0. The van der Waals surface area contributed by atoms with Crippen molar-refractivity contribution >= 4 is 58.7 Å². The zero-order valence-electron chi connectivity index (χ0n) is 21.8. The van der Waals surface area contributed by atoms with Gasteiger partial charge in [0.2, 0.25) is 5.91 Å². The molecular weight excluding hydrogens is 549 g/mol. The summed E-state index contributed by atoms with van der Waals surface area (Å²) in [6.45, 7) is 8.06. The Balaban J connectivity index is 2.64. The quantitative estimate of drug-likeness (QED) is 0.251. The molecule has 1 fully saturated rings. The Morgan fingerprint density at radius 1 is 1.08 bits per heavy atom. The molecule has 206 valence electrons. The summed E-state index contributed by atoms with van der Waals surface area (Å²) in [7, 11) is 2.75. The van der Waals surface area contributed by atoms with Gasteiger partial charge in [-0.05, 0) is 45.4 Å². The molecule has 0 radical (unpaired) electrons. The predicted molar refractivity (Wildman–Crippen MR) is 137 cm³/mol. The van der Waals surface area contributed by atoms with E-state index in [0.717, 1.165) is 4.90 Å². The SMILES string of the molecule is COC(=O)C[C@H]1[C@@H]([C@@H](C)COC(=O)C(Cl)(Cl)Cl)C(=O)N(C(=O)OC(C)(C)C)[C@]1(C)c1ccc(OC)cc1. The second-order valence-corrected chi connectivity index (χ2v) is 12.3. The number of esters is 2. The van der Waals surface area contributed by atoms with E-state index in [-0.39, 0.29) is 13.0 Å². The summed E-state index contributed by atoms with van der Waals surface area (Å²) < 4.78 is 18.6. The van der Waals surface area contributed by atoms with Crippen LogP contribution in [0.2, 0.25) is 0 Å². The summed E-state index contributed by atoms with van der Waals surface area (Å²) in [6, 6.07) is 6.80. The Morgan fingerprint density at radius 3 is 2.11 bits per heavy atom. The number of carbonyl (C=O) groups is 4. The smallest absolute Gasteiger partial charge is 0.417 e. The number of alkyl halides is 3. The van der Waals surface area contributed by atoms with E-state index in [0.29, 0.717) is 11.3 Å². The minimum absolute atomic E-state index is 0.211. The van der Waals surface area contributed by atoms with Crippen molar-refractivity contribution < 1.29 is 38.1 Å². The average molecular weight is 581 g/mol. The van der Waals surface area contributed by atoms with Crippen LogP contribution in [0.15, 0.2) is 24.3 Å². The lowest BCUT2D eigenvalue weighted by Crippen LogP contribution is -2.49. The summed E-state index contributed by atoms with van der Waals surface area (Å²) in [5.41, 5.74) is -1.67. The van der Waals surface area contributed by atoms with Crippen LogP contribution in [0.3, 0.4) is 0 Å². The molecule has 4 atom stereocenters. The van der Waals surface area contributed by atoms with E-state index in [1.165, 1.54) is 14.2 Å². The van der Waals surface area contributed by atoms with E-state index in [2.05, 4.69) is 0 Å². The van der Waals surface area contributed by atoms with E-state index in [1.807, 2.05) is 0 Å². The van der Waals surface area contributed by atoms with Crippen molar-refractivity contribution in [3.63, 3.8) is 0 Å². The van der Waals surface area contributed by atoms with Crippen LogP contribution in [0.4, 0.5) is 4.79 Å². The average Bonchev–Trinajstić information content (AvgIpc) is 3.02. The third-order valence-electron chi connectivity index (χ3n) is 6.31. The van der Waals surface area contributed by atoms with Gasteiger partial charge in [-0.3, -0.25) is 9.59 Å². The highest BCUT2D eigenvalue weighted by molar-refractivity contribution is 6.75. The molecule has 0 aliphatic carbocycles. The molecule has 0 aromatic heterocycles. The third-order valence-corrected chi connectivity index (χ3v) is 6.78. The molecule has 9 nitrogen and oxygen atoms in total. The van der Waals surface area contributed by atoms with Gasteiger partial charge in [0.15, 0.2) is 0 Å². The molecule has 2 rings (SSSR count). The minimum atomic E-state index is -2.30. The molecule has 1 aromatic carbocycles. The largest absolute Gasteiger partial charge is 0.497 e. The molecule has 2 amide bonds. The van der Waals surface area contributed by atoms with Crippen LogP contribution >= 0.6 is 34.8 Å². The fraction of sp³-hybridized carbons (Fsp3) is 0.600. The van der Waals surface area contributed by atoms with E-state index < -0.39 is 56.6 Å². The van der Waals surface area contributed by atoms with Crippen molar-refractivity contribution in [2.75, 3.05) is 20.8 Å². The van der Waals surface area contributed by atoms with E-state index in [4.69, 9.17) is 53.8 Å². The van der Waals surface area contributed by atoms with Gasteiger partial charge in [0, 0.05) is 11.8 Å². The van der Waals surface area contributed by atoms with Crippen LogP contribution < -0.4 is 4.74 Å². The van der Waals surface area contributed by atoms with E-state index >= 15 is 0 Å². The molecule has 1 aliphatic heterocycles. The Labute approximate surface area is 231 Å². The number of hydrogen-bond donors (Lipinski definition) is 0. The molecule has 37 heavy (non-hydrogen) atoms. The molecule has 1 aromatic rings. The number of nitrogens with zero attached hydrogens (tertiary/aromatic N) is 1. The molecule has 0 bridgehead atoms. The second kappa shape index (κ2) is 11.7. The van der Waals surface area contributed by atoms with Gasteiger partial charge < -0.3 is 18.9 Å². The standard InChI is InChI=1S/C25H32Cl3NO8/c1-14(13-36-21(32)25(26,27)28)19-17(12-18(30)35-7)24(5,15-8-10-16(34-6)11-9-15)29(20(19)31)22(33)37-23(2,3)4/h8-11,14,17,19H,12-13H2,1-7H3/t14-,17-,19+,24+/m0/s1. The van der Waals surface area contributed by atoms with Crippen molar-refractivity contribution in [1.82, 2.24) is 4.90 Å². The van der Waals surface area contributed by atoms with Crippen LogP contribution in [-0.4, -0.2) is 59.1 Å². The highest BCUT2D eigenvalue weighted by Gasteiger charge is 2.61. The van der Waals surface area contributed by atoms with Gasteiger partial charge >= 0.3 is 18.0 Å². The predicted octanol–water partition coefficient (Wildman–Crippen LogP) is 5.03. The number of carbonyl (C=O) groups excluding carboxylic acids is 4. The number of methoxy groups -OCH3 is 2. The molecule has 12 heteroatoms. The first-order valence-corrected chi connectivity index (χ1v) is 12.6. The van der Waals surface area contributed by atoms with Crippen LogP contribution in [0.5, 0.6) is 5.75 Å². The number of imide groups is 1. The molecule has 1 aliphatic rings. The van der Waals surface area contributed by atoms with Crippen LogP contribution in [0.1, 0.15) is 46.6 Å². The van der Waals surface area contributed by atoms with Gasteiger partial charge in [0.05, 0.1) is 38.7 Å². The zero-order chi connectivity index (χ0) is 28.3. The zero-order valence-corrected chi connectivity index (χ0v) is 24.1. The number of likely N-dealkylation sites (tertiary alicyclic amines) is 1. The highest BCUT2D eigenvalue weighted by Crippen LogP contribution is 2.52. The highest BCUT2D eigenvalue weighted by atomic mass is 35.6. The van der Waals surface area contributed by atoms with Gasteiger partial charge in [0.25, 0.3) is 3.79 Å². The Hall–Kier alpha value is -2.23. The maximum absolute atomic E-state index is 13.9. The monoisotopic (exact) mass is 579 g/mol. The normalized spacial score (nSPS) is 22.9. The summed E-state index contributed by atoms with van der Waals surface area (Å²) in [5, 5.41) is 0. The maximum Gasteiger partial charge on any atom is 0.417 e. The van der Waals surface area contributed by atoms with Crippen molar-refractivity contribution in [3.05, 3.63) is 29.8 Å². The summed E-state index contributed by atoms with van der Waals surface area (Å²) >= 11 is 16.8. The maximum atomic E-state index is 13.9. The van der Waals surface area contributed by atoms with Gasteiger partial charge in [-0.2, -0.15) is 0 Å². The van der Waals surface area contributed by atoms with Gasteiger partial charge in [0.1, 0.15) is 11.4 Å². The lowest BCUT2D eigenvalue weighted by molar-refractivity contribution is -0.147. The number of benzene rings is 1. The van der Waals surface area contributed by atoms with Gasteiger partial charge in [-0.25, -0.2) is 14.5 Å². The third kappa shape index (κ3) is 7.00. The number of halogens is 3. The fourth-order valence-corrected chi connectivity index (χ4v) is 4.71. The summed E-state index contributed by atoms with van der Waals surface area (Å²) in [6.07, 6.45) is -1.09. The number of amides is 2. The molecule has 0 N–H and O–H groups in total. The molecule has 1 heterocycles. The van der Waals surface area contributed by atoms with Crippen molar-refractivity contribution in [2.45, 2.75) is 56.0 Å². The van der Waals surface area contributed by atoms with E-state index in [9.17, 15) is 19.2 Å². The van der Waals surface area contributed by atoms with Crippen LogP contribution in [0.25, 0.3) is 0 Å². The minimum Gasteiger partial charge on any atom is -0.497 e. The fourth-order valence-electron chi connectivity index (χ4n) is 4.55. The van der Waals surface area contributed by atoms with Gasteiger partial charge in [-0.15, -0.1) is 0 Å². The van der Waals surface area contributed by atoms with E-state index in [1.54, 1.807) is 58.9 Å². The van der Waals surface area contributed by atoms with Crippen LogP contribution in [0, 0.1) is 17.8 Å². The van der Waals surface area contributed by atoms with Crippen molar-refractivity contribution in [3.8, 4) is 5.75 Å². The molecular formula is C25H32Cl3NO8. The lowest BCUT2D eigenvalue weighted by Gasteiger charge is -2.39. The molecule has 0 spiro atoms. The van der Waals surface area contributed by atoms with Crippen molar-refractivity contribution in [1.29, 1.82) is 0 Å². The number of rotatable bonds is 7. The van der Waals surface area contributed by atoms with Gasteiger partial charge in [-0.1, -0.05) is 53.9 Å². The molecule has 0 unspecified atom stereocenters. The summed E-state index contributed by atoms with van der Waals surface area (Å²) in [4.78, 5) is 53.0. The van der Waals surface area contributed by atoms with Crippen molar-refractivity contribution in [2.24, 2.45) is 17.8 Å². The Bertz CT molecular complexity index is 1020. The Kier molecular flexibility index (Phi) is 9.77.